The summed E-state index contributed by atoms with van der Waals surface area (Å²) in [6.07, 6.45) is 5.39. The lowest BCUT2D eigenvalue weighted by Gasteiger charge is -2.21. The third-order valence-electron chi connectivity index (χ3n) is 4.84. The summed E-state index contributed by atoms with van der Waals surface area (Å²) in [5.74, 6) is 0. The number of aromatic nitrogens is 1. The molecule has 1 aliphatic carbocycles. The molecule has 126 valence electrons. The van der Waals surface area contributed by atoms with Gasteiger partial charge >= 0.3 is 0 Å². The molecule has 2 aromatic rings. The van der Waals surface area contributed by atoms with Gasteiger partial charge in [0.25, 0.3) is 0 Å². The zero-order valence-electron chi connectivity index (χ0n) is 13.3. The first-order chi connectivity index (χ1) is 11.2. The van der Waals surface area contributed by atoms with Crippen molar-refractivity contribution >= 4 is 29.6 Å². The zero-order valence-corrected chi connectivity index (χ0v) is 14.9. The third kappa shape index (κ3) is 3.04. The second kappa shape index (κ2) is 7.14. The topological polar surface area (TPSA) is 39.0 Å². The van der Waals surface area contributed by atoms with Crippen LogP contribution in [0.5, 0.6) is 0 Å². The molecule has 0 spiro atoms. The van der Waals surface area contributed by atoms with Gasteiger partial charge in [-0.05, 0) is 68.1 Å². The molecule has 1 N–H and O–H groups in total. The summed E-state index contributed by atoms with van der Waals surface area (Å²) < 4.78 is 1.05. The highest BCUT2D eigenvalue weighted by atomic mass is 35.5. The molecule has 0 unspecified atom stereocenters. The highest BCUT2D eigenvalue weighted by Crippen LogP contribution is 2.37. The Morgan fingerprint density at radius 3 is 2.54 bits per heavy atom. The molecule has 1 aromatic carbocycles. The van der Waals surface area contributed by atoms with Gasteiger partial charge in [0.2, 0.25) is 5.69 Å². The Hall–Kier alpha value is -1.55. The number of halogens is 2. The van der Waals surface area contributed by atoms with E-state index in [0.29, 0.717) is 0 Å². The van der Waals surface area contributed by atoms with Gasteiger partial charge in [-0.15, -0.1) is 12.4 Å². The summed E-state index contributed by atoms with van der Waals surface area (Å²) in [6.45, 7) is 1.95. The minimum Gasteiger partial charge on any atom is -0.618 e. The van der Waals surface area contributed by atoms with Gasteiger partial charge < -0.3 is 10.5 Å². The average Bonchev–Trinajstić information content (AvgIpc) is 2.73. The average molecular weight is 363 g/mol. The summed E-state index contributed by atoms with van der Waals surface area (Å²) in [4.78, 5) is 0. The van der Waals surface area contributed by atoms with Crippen LogP contribution in [0.3, 0.4) is 0 Å². The molecule has 2 aliphatic rings. The van der Waals surface area contributed by atoms with Crippen molar-refractivity contribution in [1.29, 1.82) is 0 Å². The lowest BCUT2D eigenvalue weighted by molar-refractivity contribution is -0.608. The van der Waals surface area contributed by atoms with Crippen molar-refractivity contribution in [3.8, 4) is 0 Å². The van der Waals surface area contributed by atoms with Gasteiger partial charge in [0.15, 0.2) is 6.20 Å². The van der Waals surface area contributed by atoms with E-state index in [1.165, 1.54) is 16.7 Å². The molecule has 1 aromatic heterocycles. The van der Waals surface area contributed by atoms with Crippen LogP contribution in [0.1, 0.15) is 35.2 Å². The number of nitrogens with zero attached hydrogens (tertiary/aromatic N) is 1. The van der Waals surface area contributed by atoms with E-state index in [1.807, 2.05) is 12.1 Å². The van der Waals surface area contributed by atoms with Gasteiger partial charge in [-0.25, -0.2) is 0 Å². The van der Waals surface area contributed by atoms with E-state index in [4.69, 9.17) is 11.6 Å². The quantitative estimate of drug-likeness (QED) is 0.573. The molecular weight excluding hydrogens is 343 g/mol. The number of fused-ring (bicyclic) bond motifs is 2. The Kier molecular flexibility index (Phi) is 5.14. The van der Waals surface area contributed by atoms with Crippen molar-refractivity contribution < 1.29 is 4.73 Å². The molecule has 4 rings (SSSR count). The van der Waals surface area contributed by atoms with Gasteiger partial charge in [0.05, 0.1) is 5.57 Å². The molecule has 0 saturated carbocycles. The van der Waals surface area contributed by atoms with E-state index in [2.05, 4.69) is 23.5 Å². The Labute approximate surface area is 153 Å². The van der Waals surface area contributed by atoms with Crippen LogP contribution in [0.15, 0.2) is 42.1 Å². The Balaban J connectivity index is 0.00000169. The zero-order chi connectivity index (χ0) is 15.8. The predicted octanol–water partition coefficient (Wildman–Crippen LogP) is 3.68. The number of hydrogen-bond acceptors (Lipinski definition) is 2. The summed E-state index contributed by atoms with van der Waals surface area (Å²) >= 11 is 6.21. The molecule has 1 aliphatic heterocycles. The lowest BCUT2D eigenvalue weighted by Crippen LogP contribution is -2.33. The van der Waals surface area contributed by atoms with E-state index < -0.39 is 0 Å². The second-order valence-electron chi connectivity index (χ2n) is 6.24. The molecule has 1 saturated heterocycles. The summed E-state index contributed by atoms with van der Waals surface area (Å²) in [6, 6.07) is 10.0. The maximum atomic E-state index is 12.6. The van der Waals surface area contributed by atoms with Crippen LogP contribution in [0.4, 0.5) is 0 Å². The fourth-order valence-corrected chi connectivity index (χ4v) is 3.95. The largest absolute Gasteiger partial charge is 0.618 e. The van der Waals surface area contributed by atoms with E-state index in [9.17, 15) is 5.21 Å². The first-order valence-corrected chi connectivity index (χ1v) is 8.55. The van der Waals surface area contributed by atoms with Gasteiger partial charge in [0, 0.05) is 16.7 Å². The first kappa shape index (κ1) is 17.3. The molecule has 5 heteroatoms. The monoisotopic (exact) mass is 362 g/mol. The van der Waals surface area contributed by atoms with Crippen molar-refractivity contribution in [1.82, 2.24) is 5.32 Å². The van der Waals surface area contributed by atoms with Crippen LogP contribution in [0, 0.1) is 5.21 Å². The maximum absolute atomic E-state index is 12.6. The number of benzene rings is 1. The predicted molar refractivity (Wildman–Crippen MR) is 99.6 cm³/mol. The van der Waals surface area contributed by atoms with Crippen LogP contribution in [-0.4, -0.2) is 13.1 Å². The number of pyridine rings is 1. The van der Waals surface area contributed by atoms with Crippen molar-refractivity contribution in [2.24, 2.45) is 0 Å². The van der Waals surface area contributed by atoms with Crippen LogP contribution < -0.4 is 10.0 Å². The number of nitrogens with one attached hydrogen (secondary N) is 1. The first-order valence-electron chi connectivity index (χ1n) is 8.17. The number of hydrogen-bond donors (Lipinski definition) is 1. The molecule has 0 atom stereocenters. The van der Waals surface area contributed by atoms with E-state index in [1.54, 1.807) is 6.20 Å². The highest BCUT2D eigenvalue weighted by molar-refractivity contribution is 6.30. The number of rotatable bonds is 0. The van der Waals surface area contributed by atoms with Crippen molar-refractivity contribution in [3.63, 3.8) is 0 Å². The fourth-order valence-electron chi connectivity index (χ4n) is 3.75. The standard InChI is InChI=1S/C19H19ClN2O.ClH/c20-16-5-6-17-15(12-16)4-3-14-2-1-11-22(23)19(14)18(17)13-7-9-21-10-8-13;/h1-2,5-6,11-12,21H,3-4,7-10H2;1H. The summed E-state index contributed by atoms with van der Waals surface area (Å²) in [7, 11) is 0. The van der Waals surface area contributed by atoms with Crippen LogP contribution >= 0.6 is 24.0 Å². The Morgan fingerprint density at radius 1 is 1.00 bits per heavy atom. The number of piperidine rings is 1. The highest BCUT2D eigenvalue weighted by Gasteiger charge is 2.28. The SMILES string of the molecule is Cl.[O-][n+]1cccc2c1C(=C1CCNCC1)c1ccc(Cl)cc1CC2. The fraction of sp³-hybridized carbons (Fsp3) is 0.316. The molecule has 3 nitrogen and oxygen atoms in total. The summed E-state index contributed by atoms with van der Waals surface area (Å²) in [5, 5.41) is 16.8. The lowest BCUT2D eigenvalue weighted by atomic mass is 9.89. The molecule has 0 radical (unpaired) electrons. The second-order valence-corrected chi connectivity index (χ2v) is 6.67. The smallest absolute Gasteiger partial charge is 0.227 e. The number of aryl methyl sites for hydroxylation is 2. The van der Waals surface area contributed by atoms with Crippen LogP contribution in [0.25, 0.3) is 5.57 Å². The van der Waals surface area contributed by atoms with Gasteiger partial charge in [-0.3, -0.25) is 0 Å². The molecular formula is C19H20Cl2N2O. The van der Waals surface area contributed by atoms with E-state index in [0.717, 1.165) is 65.4 Å². The third-order valence-corrected chi connectivity index (χ3v) is 5.08. The summed E-state index contributed by atoms with van der Waals surface area (Å²) in [5.41, 5.74) is 6.92. The molecule has 0 amide bonds. The van der Waals surface area contributed by atoms with E-state index >= 15 is 0 Å². The molecule has 2 heterocycles. The minimum absolute atomic E-state index is 0. The van der Waals surface area contributed by atoms with Crippen LogP contribution in [-0.2, 0) is 12.8 Å². The molecule has 1 fully saturated rings. The van der Waals surface area contributed by atoms with Crippen LogP contribution in [0.2, 0.25) is 5.02 Å². The molecule has 0 bridgehead atoms. The van der Waals surface area contributed by atoms with Crippen molar-refractivity contribution in [3.05, 3.63) is 74.7 Å². The van der Waals surface area contributed by atoms with Crippen molar-refractivity contribution in [2.45, 2.75) is 25.7 Å². The maximum Gasteiger partial charge on any atom is 0.227 e. The minimum atomic E-state index is 0. The van der Waals surface area contributed by atoms with Gasteiger partial charge in [-0.1, -0.05) is 23.2 Å². The molecule has 24 heavy (non-hydrogen) atoms. The Morgan fingerprint density at radius 2 is 1.75 bits per heavy atom. The normalized spacial score (nSPS) is 16.7. The van der Waals surface area contributed by atoms with Gasteiger partial charge in [-0.2, -0.15) is 4.73 Å². The van der Waals surface area contributed by atoms with E-state index in [-0.39, 0.29) is 12.4 Å². The Bertz CT molecular complexity index is 794. The van der Waals surface area contributed by atoms with Crippen molar-refractivity contribution in [2.75, 3.05) is 13.1 Å². The van der Waals surface area contributed by atoms with Gasteiger partial charge in [0.1, 0.15) is 0 Å².